The number of carbonyl (C=O) groups excluding carboxylic acids is 1. The summed E-state index contributed by atoms with van der Waals surface area (Å²) in [5.41, 5.74) is 2.91. The Kier molecular flexibility index (Phi) is 4.31. The normalized spacial score (nSPS) is 16.1. The number of urea groups is 1. The first kappa shape index (κ1) is 17.1. The number of carbonyl (C=O) groups is 1. The summed E-state index contributed by atoms with van der Waals surface area (Å²) in [5.74, 6) is -0.963. The summed E-state index contributed by atoms with van der Waals surface area (Å²) >= 11 is 0. The molecule has 1 atom stereocenters. The van der Waals surface area contributed by atoms with Crippen LogP contribution in [0.3, 0.4) is 0 Å². The Bertz CT molecular complexity index is 986. The molecule has 1 aliphatic heterocycles. The Hall–Kier alpha value is -3.29. The number of fused-ring (bicyclic) bond motifs is 1. The first-order chi connectivity index (χ1) is 13.0. The average Bonchev–Trinajstić information content (AvgIpc) is 3.04. The summed E-state index contributed by atoms with van der Waals surface area (Å²) < 4.78 is 28.3. The summed E-state index contributed by atoms with van der Waals surface area (Å²) in [6.07, 6.45) is 3.03. The zero-order chi connectivity index (χ0) is 19.0. The van der Waals surface area contributed by atoms with Crippen molar-refractivity contribution in [1.29, 1.82) is 0 Å². The molecule has 0 aliphatic carbocycles. The van der Waals surface area contributed by atoms with Gasteiger partial charge in [-0.1, -0.05) is 12.1 Å². The van der Waals surface area contributed by atoms with Crippen molar-refractivity contribution in [1.82, 2.24) is 19.7 Å². The number of hydrogen-bond acceptors (Lipinski definition) is 3. The Morgan fingerprint density at radius 3 is 2.74 bits per heavy atom. The van der Waals surface area contributed by atoms with Crippen LogP contribution in [0.4, 0.5) is 19.3 Å². The van der Waals surface area contributed by atoms with Gasteiger partial charge in [0.15, 0.2) is 0 Å². The number of halogens is 2. The van der Waals surface area contributed by atoms with Gasteiger partial charge in [0.05, 0.1) is 31.0 Å². The van der Waals surface area contributed by atoms with Gasteiger partial charge in [-0.2, -0.15) is 9.49 Å². The van der Waals surface area contributed by atoms with Crippen molar-refractivity contribution in [2.24, 2.45) is 0 Å². The van der Waals surface area contributed by atoms with Crippen molar-refractivity contribution < 1.29 is 13.6 Å². The first-order valence-corrected chi connectivity index (χ1v) is 8.51. The predicted octanol–water partition coefficient (Wildman–Crippen LogP) is 3.66. The molecule has 4 rings (SSSR count). The lowest BCUT2D eigenvalue weighted by molar-refractivity contribution is 0.162. The van der Waals surface area contributed by atoms with Gasteiger partial charge in [-0.15, -0.1) is 0 Å². The second kappa shape index (κ2) is 6.79. The third kappa shape index (κ3) is 3.38. The van der Waals surface area contributed by atoms with Crippen LogP contribution in [0, 0.1) is 11.8 Å². The molecule has 0 saturated heterocycles. The Morgan fingerprint density at radius 2 is 2.00 bits per heavy atom. The van der Waals surface area contributed by atoms with Crippen molar-refractivity contribution in [3.63, 3.8) is 0 Å². The molecule has 0 saturated carbocycles. The van der Waals surface area contributed by atoms with Crippen LogP contribution in [0.2, 0.25) is 0 Å². The number of benzene rings is 1. The van der Waals surface area contributed by atoms with Gasteiger partial charge in [-0.3, -0.25) is 4.68 Å². The average molecular weight is 369 g/mol. The van der Waals surface area contributed by atoms with E-state index in [1.54, 1.807) is 23.2 Å². The van der Waals surface area contributed by atoms with E-state index in [0.29, 0.717) is 18.8 Å². The van der Waals surface area contributed by atoms with E-state index in [4.69, 9.17) is 0 Å². The molecule has 2 aromatic heterocycles. The van der Waals surface area contributed by atoms with E-state index in [1.165, 1.54) is 30.5 Å². The van der Waals surface area contributed by atoms with Crippen LogP contribution in [0.5, 0.6) is 0 Å². The molecule has 0 fully saturated rings. The van der Waals surface area contributed by atoms with Crippen LogP contribution in [-0.2, 0) is 13.1 Å². The van der Waals surface area contributed by atoms with Crippen molar-refractivity contribution in [2.75, 3.05) is 5.32 Å². The Balaban J connectivity index is 1.59. The summed E-state index contributed by atoms with van der Waals surface area (Å²) in [6, 6.07) is 8.45. The lowest BCUT2D eigenvalue weighted by atomic mass is 10.0. The number of aromatic nitrogens is 3. The monoisotopic (exact) mass is 369 g/mol. The fraction of sp³-hybridized carbons (Fsp3) is 0.211. The number of rotatable bonds is 2. The number of anilines is 1. The third-order valence-electron chi connectivity index (χ3n) is 4.63. The molecule has 3 aromatic rings. The molecule has 1 aromatic carbocycles. The number of nitrogens with one attached hydrogen (secondary N) is 1. The first-order valence-electron chi connectivity index (χ1n) is 8.51. The molecule has 2 amide bonds. The van der Waals surface area contributed by atoms with Gasteiger partial charge < -0.3 is 10.2 Å². The molecule has 27 heavy (non-hydrogen) atoms. The maximum atomic E-state index is 13.2. The van der Waals surface area contributed by atoms with Crippen LogP contribution >= 0.6 is 0 Å². The van der Waals surface area contributed by atoms with E-state index in [9.17, 15) is 13.6 Å². The Morgan fingerprint density at radius 1 is 1.22 bits per heavy atom. The smallest absolute Gasteiger partial charge is 0.314 e. The molecule has 0 bridgehead atoms. The van der Waals surface area contributed by atoms with Crippen molar-refractivity contribution >= 4 is 11.7 Å². The van der Waals surface area contributed by atoms with E-state index in [1.807, 2.05) is 11.6 Å². The van der Waals surface area contributed by atoms with Crippen molar-refractivity contribution in [3.05, 3.63) is 66.3 Å². The molecule has 3 heterocycles. The fourth-order valence-corrected chi connectivity index (χ4v) is 3.22. The van der Waals surface area contributed by atoms with Crippen LogP contribution < -0.4 is 5.32 Å². The number of pyridine rings is 1. The van der Waals surface area contributed by atoms with E-state index in [2.05, 4.69) is 15.4 Å². The van der Waals surface area contributed by atoms with E-state index < -0.39 is 5.95 Å². The highest BCUT2D eigenvalue weighted by atomic mass is 19.1. The lowest BCUT2D eigenvalue weighted by Gasteiger charge is -2.34. The predicted molar refractivity (Wildman–Crippen MR) is 95.8 cm³/mol. The zero-order valence-electron chi connectivity index (χ0n) is 14.6. The van der Waals surface area contributed by atoms with Gasteiger partial charge in [-0.05, 0) is 30.7 Å². The molecule has 1 unspecified atom stereocenters. The second-order valence-corrected chi connectivity index (χ2v) is 6.47. The summed E-state index contributed by atoms with van der Waals surface area (Å²) in [5, 5.41) is 7.10. The molecule has 8 heteroatoms. The maximum absolute atomic E-state index is 13.2. The number of nitrogens with zero attached hydrogens (tertiary/aromatic N) is 4. The molecule has 0 spiro atoms. The molecular formula is C19H17F2N5O. The van der Waals surface area contributed by atoms with Crippen LogP contribution in [0.1, 0.15) is 12.6 Å². The highest BCUT2D eigenvalue weighted by molar-refractivity contribution is 5.89. The van der Waals surface area contributed by atoms with Gasteiger partial charge >= 0.3 is 6.03 Å². The molecule has 138 valence electrons. The second-order valence-electron chi connectivity index (χ2n) is 6.47. The fourth-order valence-electron chi connectivity index (χ4n) is 3.22. The Labute approximate surface area is 154 Å². The standard InChI is InChI=1S/C19H17F2N5O/c1-12-10-26-17(16(9-23-26)13-2-4-14(20)5-3-13)11-25(12)19(27)24-15-6-7-22-18(21)8-15/h2-9,12H,10-11H2,1H3,(H,22,24,27). The molecule has 6 nitrogen and oxygen atoms in total. The maximum Gasteiger partial charge on any atom is 0.322 e. The summed E-state index contributed by atoms with van der Waals surface area (Å²) in [4.78, 5) is 17.9. The van der Waals surface area contributed by atoms with Crippen molar-refractivity contribution in [3.8, 4) is 11.1 Å². The lowest BCUT2D eigenvalue weighted by Crippen LogP contribution is -2.47. The van der Waals surface area contributed by atoms with Gasteiger partial charge in [0.2, 0.25) is 5.95 Å². The highest BCUT2D eigenvalue weighted by Crippen LogP contribution is 2.29. The van der Waals surface area contributed by atoms with Crippen LogP contribution in [0.15, 0.2) is 48.8 Å². The minimum atomic E-state index is -0.656. The molecule has 1 aliphatic rings. The SMILES string of the molecule is CC1Cn2ncc(-c3ccc(F)cc3)c2CN1C(=O)Nc1ccnc(F)c1. The minimum absolute atomic E-state index is 0.0925. The van der Waals surface area contributed by atoms with Gasteiger partial charge in [-0.25, -0.2) is 14.2 Å². The largest absolute Gasteiger partial charge is 0.322 e. The summed E-state index contributed by atoms with van der Waals surface area (Å²) in [7, 11) is 0. The molecule has 0 radical (unpaired) electrons. The molecule has 1 N–H and O–H groups in total. The van der Waals surface area contributed by atoms with Crippen molar-refractivity contribution in [2.45, 2.75) is 26.1 Å². The zero-order valence-corrected chi connectivity index (χ0v) is 14.6. The van der Waals surface area contributed by atoms with Gasteiger partial charge in [0, 0.05) is 23.5 Å². The molecular weight excluding hydrogens is 352 g/mol. The topological polar surface area (TPSA) is 63.1 Å². The highest BCUT2D eigenvalue weighted by Gasteiger charge is 2.29. The van der Waals surface area contributed by atoms with Gasteiger partial charge in [0.25, 0.3) is 0 Å². The van der Waals surface area contributed by atoms with E-state index >= 15 is 0 Å². The van der Waals surface area contributed by atoms with E-state index in [0.717, 1.165) is 16.8 Å². The van der Waals surface area contributed by atoms with E-state index in [-0.39, 0.29) is 17.9 Å². The number of amides is 2. The van der Waals surface area contributed by atoms with Crippen LogP contribution in [0.25, 0.3) is 11.1 Å². The van der Waals surface area contributed by atoms with Crippen LogP contribution in [-0.4, -0.2) is 31.7 Å². The quantitative estimate of drug-likeness (QED) is 0.701. The minimum Gasteiger partial charge on any atom is -0.314 e. The van der Waals surface area contributed by atoms with Gasteiger partial charge in [0.1, 0.15) is 5.82 Å². The summed E-state index contributed by atoms with van der Waals surface area (Å²) in [6.45, 7) is 2.80. The third-order valence-corrected chi connectivity index (χ3v) is 4.63. The number of hydrogen-bond donors (Lipinski definition) is 1.